The molecule has 0 aromatic heterocycles. The van der Waals surface area contributed by atoms with Gasteiger partial charge in [-0.3, -0.25) is 4.79 Å². The van der Waals surface area contributed by atoms with Crippen LogP contribution in [0.2, 0.25) is 0 Å². The van der Waals surface area contributed by atoms with Gasteiger partial charge in [0, 0.05) is 11.8 Å². The highest BCUT2D eigenvalue weighted by molar-refractivity contribution is 5.94. The first kappa shape index (κ1) is 16.2. The average molecular weight is 327 g/mol. The first-order valence-corrected chi connectivity index (χ1v) is 8.00. The van der Waals surface area contributed by atoms with E-state index < -0.39 is 6.10 Å². The summed E-state index contributed by atoms with van der Waals surface area (Å²) in [6, 6.07) is 11.3. The predicted molar refractivity (Wildman–Crippen MR) is 91.8 cm³/mol. The van der Waals surface area contributed by atoms with Crippen LogP contribution >= 0.6 is 0 Å². The first-order chi connectivity index (χ1) is 11.5. The summed E-state index contributed by atoms with van der Waals surface area (Å²) in [5, 5.41) is 2.87. The van der Waals surface area contributed by atoms with Crippen molar-refractivity contribution in [2.75, 3.05) is 12.1 Å². The van der Waals surface area contributed by atoms with Crippen LogP contribution in [0.15, 0.2) is 36.4 Å². The molecule has 5 heteroatoms. The third-order valence-corrected chi connectivity index (χ3v) is 3.78. The van der Waals surface area contributed by atoms with E-state index in [2.05, 4.69) is 11.4 Å². The summed E-state index contributed by atoms with van der Waals surface area (Å²) in [6.07, 6.45) is 0.0141. The van der Waals surface area contributed by atoms with Gasteiger partial charge in [-0.15, -0.1) is 0 Å². The molecule has 2 aromatic carbocycles. The molecule has 1 aliphatic heterocycles. The number of hydrogen-bond acceptors (Lipinski definition) is 4. The normalized spacial score (nSPS) is 13.5. The monoisotopic (exact) mass is 327 g/mol. The van der Waals surface area contributed by atoms with Crippen molar-refractivity contribution in [3.63, 3.8) is 0 Å². The predicted octanol–water partition coefficient (Wildman–Crippen LogP) is 3.83. The average Bonchev–Trinajstić information content (AvgIpc) is 2.99. The molecular formula is C19H21NO4. The number of fused-ring (bicyclic) bond motifs is 1. The SMILES string of the molecule is CCC(Oc1cc(C)cc(C)c1)C(=O)Nc1ccc2c(c1)OCO2. The third kappa shape index (κ3) is 3.62. The molecule has 1 N–H and O–H groups in total. The van der Waals surface area contributed by atoms with Crippen molar-refractivity contribution in [2.45, 2.75) is 33.3 Å². The van der Waals surface area contributed by atoms with E-state index in [0.717, 1.165) is 11.1 Å². The molecule has 0 aliphatic carbocycles. The Morgan fingerprint density at radius 3 is 2.54 bits per heavy atom. The van der Waals surface area contributed by atoms with Crippen molar-refractivity contribution in [1.82, 2.24) is 0 Å². The summed E-state index contributed by atoms with van der Waals surface area (Å²) in [6.45, 7) is 6.15. The number of aryl methyl sites for hydroxylation is 2. The molecule has 0 radical (unpaired) electrons. The fourth-order valence-electron chi connectivity index (χ4n) is 2.68. The Hall–Kier alpha value is -2.69. The molecule has 3 rings (SSSR count). The molecule has 0 spiro atoms. The zero-order valence-corrected chi connectivity index (χ0v) is 14.1. The number of anilines is 1. The van der Waals surface area contributed by atoms with Crippen LogP contribution in [0.4, 0.5) is 5.69 Å². The molecule has 24 heavy (non-hydrogen) atoms. The van der Waals surface area contributed by atoms with E-state index in [0.29, 0.717) is 29.4 Å². The van der Waals surface area contributed by atoms with Crippen molar-refractivity contribution in [1.29, 1.82) is 0 Å². The molecule has 0 bridgehead atoms. The molecular weight excluding hydrogens is 306 g/mol. The second-order valence-corrected chi connectivity index (χ2v) is 5.90. The quantitative estimate of drug-likeness (QED) is 0.907. The molecule has 0 fully saturated rings. The maximum Gasteiger partial charge on any atom is 0.265 e. The maximum atomic E-state index is 12.5. The Kier molecular flexibility index (Phi) is 4.60. The second kappa shape index (κ2) is 6.83. The summed E-state index contributed by atoms with van der Waals surface area (Å²) in [4.78, 5) is 12.5. The van der Waals surface area contributed by atoms with Gasteiger partial charge in [0.15, 0.2) is 17.6 Å². The second-order valence-electron chi connectivity index (χ2n) is 5.90. The fraction of sp³-hybridized carbons (Fsp3) is 0.316. The van der Waals surface area contributed by atoms with Crippen molar-refractivity contribution >= 4 is 11.6 Å². The molecule has 0 saturated carbocycles. The largest absolute Gasteiger partial charge is 0.481 e. The molecule has 1 heterocycles. The van der Waals surface area contributed by atoms with Crippen LogP contribution in [-0.4, -0.2) is 18.8 Å². The minimum absolute atomic E-state index is 0.185. The van der Waals surface area contributed by atoms with E-state index in [1.807, 2.05) is 32.9 Å². The van der Waals surface area contributed by atoms with Crippen LogP contribution in [-0.2, 0) is 4.79 Å². The van der Waals surface area contributed by atoms with E-state index in [1.54, 1.807) is 18.2 Å². The van der Waals surface area contributed by atoms with Crippen LogP contribution in [0.5, 0.6) is 17.2 Å². The summed E-state index contributed by atoms with van der Waals surface area (Å²) >= 11 is 0. The van der Waals surface area contributed by atoms with E-state index in [-0.39, 0.29) is 12.7 Å². The van der Waals surface area contributed by atoms with Gasteiger partial charge in [-0.1, -0.05) is 13.0 Å². The van der Waals surface area contributed by atoms with Crippen LogP contribution in [0.1, 0.15) is 24.5 Å². The third-order valence-electron chi connectivity index (χ3n) is 3.78. The highest BCUT2D eigenvalue weighted by Gasteiger charge is 2.20. The lowest BCUT2D eigenvalue weighted by Gasteiger charge is -2.18. The van der Waals surface area contributed by atoms with Crippen LogP contribution < -0.4 is 19.5 Å². The Labute approximate surface area is 141 Å². The van der Waals surface area contributed by atoms with Gasteiger partial charge in [0.1, 0.15) is 5.75 Å². The Balaban J connectivity index is 1.69. The summed E-state index contributed by atoms with van der Waals surface area (Å²) in [5.74, 6) is 1.85. The van der Waals surface area contributed by atoms with Crippen LogP contribution in [0.25, 0.3) is 0 Å². The van der Waals surface area contributed by atoms with Gasteiger partial charge in [0.05, 0.1) is 0 Å². The molecule has 0 saturated heterocycles. The lowest BCUT2D eigenvalue weighted by molar-refractivity contribution is -0.122. The summed E-state index contributed by atoms with van der Waals surface area (Å²) < 4.78 is 16.5. The van der Waals surface area contributed by atoms with Gasteiger partial charge in [0.25, 0.3) is 5.91 Å². The maximum absolute atomic E-state index is 12.5. The molecule has 1 amide bonds. The van der Waals surface area contributed by atoms with E-state index in [1.165, 1.54) is 0 Å². The van der Waals surface area contributed by atoms with Crippen molar-refractivity contribution in [3.8, 4) is 17.2 Å². The van der Waals surface area contributed by atoms with Crippen LogP contribution in [0, 0.1) is 13.8 Å². The van der Waals surface area contributed by atoms with Crippen molar-refractivity contribution in [2.24, 2.45) is 0 Å². The van der Waals surface area contributed by atoms with E-state index >= 15 is 0 Å². The minimum atomic E-state index is -0.559. The molecule has 2 aromatic rings. The lowest BCUT2D eigenvalue weighted by Crippen LogP contribution is -2.32. The molecule has 1 atom stereocenters. The Bertz CT molecular complexity index is 737. The fourth-order valence-corrected chi connectivity index (χ4v) is 2.68. The molecule has 1 aliphatic rings. The summed E-state index contributed by atoms with van der Waals surface area (Å²) in [5.41, 5.74) is 2.87. The zero-order valence-electron chi connectivity index (χ0n) is 14.1. The van der Waals surface area contributed by atoms with Crippen molar-refractivity contribution < 1.29 is 19.0 Å². The molecule has 5 nitrogen and oxygen atoms in total. The number of amides is 1. The number of nitrogens with one attached hydrogen (secondary N) is 1. The summed E-state index contributed by atoms with van der Waals surface area (Å²) in [7, 11) is 0. The van der Waals surface area contributed by atoms with Gasteiger partial charge < -0.3 is 19.5 Å². The van der Waals surface area contributed by atoms with E-state index in [9.17, 15) is 4.79 Å². The Morgan fingerprint density at radius 1 is 1.12 bits per heavy atom. The number of carbonyl (C=O) groups excluding carboxylic acids is 1. The van der Waals surface area contributed by atoms with Gasteiger partial charge >= 0.3 is 0 Å². The van der Waals surface area contributed by atoms with Gasteiger partial charge in [-0.2, -0.15) is 0 Å². The minimum Gasteiger partial charge on any atom is -0.481 e. The highest BCUT2D eigenvalue weighted by atomic mass is 16.7. The van der Waals surface area contributed by atoms with Crippen molar-refractivity contribution in [3.05, 3.63) is 47.5 Å². The number of carbonyl (C=O) groups is 1. The molecule has 126 valence electrons. The lowest BCUT2D eigenvalue weighted by atomic mass is 10.1. The number of ether oxygens (including phenoxy) is 3. The molecule has 1 unspecified atom stereocenters. The van der Waals surface area contributed by atoms with Crippen LogP contribution in [0.3, 0.4) is 0 Å². The Morgan fingerprint density at radius 2 is 1.83 bits per heavy atom. The highest BCUT2D eigenvalue weighted by Crippen LogP contribution is 2.34. The van der Waals surface area contributed by atoms with Gasteiger partial charge in [-0.05, 0) is 55.7 Å². The zero-order chi connectivity index (χ0) is 17.1. The standard InChI is InChI=1S/C19H21NO4/c1-4-16(24-15-8-12(2)7-13(3)9-15)19(21)20-14-5-6-17-18(10-14)23-11-22-17/h5-10,16H,4,11H2,1-3H3,(H,20,21). The smallest absolute Gasteiger partial charge is 0.265 e. The topological polar surface area (TPSA) is 56.8 Å². The van der Waals surface area contributed by atoms with Gasteiger partial charge in [-0.25, -0.2) is 0 Å². The first-order valence-electron chi connectivity index (χ1n) is 8.00. The number of hydrogen-bond donors (Lipinski definition) is 1. The van der Waals surface area contributed by atoms with Gasteiger partial charge in [0.2, 0.25) is 6.79 Å². The van der Waals surface area contributed by atoms with E-state index in [4.69, 9.17) is 14.2 Å². The number of benzene rings is 2. The number of rotatable bonds is 5.